The van der Waals surface area contributed by atoms with Crippen LogP contribution in [0.25, 0.3) is 0 Å². The van der Waals surface area contributed by atoms with E-state index in [-0.39, 0.29) is 0 Å². The Morgan fingerprint density at radius 3 is 2.33 bits per heavy atom. The summed E-state index contributed by atoms with van der Waals surface area (Å²) in [4.78, 5) is 0. The summed E-state index contributed by atoms with van der Waals surface area (Å²) in [5.74, 6) is 0. The molecule has 1 nitrogen and oxygen atoms in total. The van der Waals surface area contributed by atoms with E-state index in [1.807, 2.05) is 0 Å². The smallest absolute Gasteiger partial charge is 0.00318 e. The third-order valence-electron chi connectivity index (χ3n) is 0.416. The number of hydrogen-bond donors (Lipinski definition) is 1. The Hall–Kier alpha value is 0.180. The second-order valence-electron chi connectivity index (χ2n) is 1.06. The van der Waals surface area contributed by atoms with Gasteiger partial charge in [-0.3, -0.25) is 0 Å². The maximum atomic E-state index is 5.14. The monoisotopic (exact) mass is 149 g/mol. The Bertz CT molecular complexity index is 51.5. The van der Waals surface area contributed by atoms with Gasteiger partial charge >= 0.3 is 0 Å². The lowest BCUT2D eigenvalue weighted by atomic mass is 10.4. The van der Waals surface area contributed by atoms with Crippen molar-refractivity contribution in [3.63, 3.8) is 0 Å². The SMILES string of the molecule is C=C(Br)CCN. The van der Waals surface area contributed by atoms with Crippen LogP contribution in [0.15, 0.2) is 11.1 Å². The van der Waals surface area contributed by atoms with E-state index >= 15 is 0 Å². The molecule has 2 N–H and O–H groups in total. The molecule has 0 saturated heterocycles. The predicted molar refractivity (Wildman–Crippen MR) is 31.7 cm³/mol. The maximum Gasteiger partial charge on any atom is -0.00318 e. The molecule has 0 radical (unpaired) electrons. The van der Waals surface area contributed by atoms with Crippen molar-refractivity contribution in [2.24, 2.45) is 5.73 Å². The van der Waals surface area contributed by atoms with Gasteiger partial charge in [0.15, 0.2) is 0 Å². The van der Waals surface area contributed by atoms with Gasteiger partial charge in [0.05, 0.1) is 0 Å². The van der Waals surface area contributed by atoms with Gasteiger partial charge in [0, 0.05) is 0 Å². The molecule has 6 heavy (non-hydrogen) atoms. The number of hydrogen-bond acceptors (Lipinski definition) is 1. The summed E-state index contributed by atoms with van der Waals surface area (Å²) in [6.07, 6.45) is 0.875. The van der Waals surface area contributed by atoms with Crippen molar-refractivity contribution in [1.82, 2.24) is 0 Å². The lowest BCUT2D eigenvalue weighted by Crippen LogP contribution is -1.96. The molecule has 0 rings (SSSR count). The highest BCUT2D eigenvalue weighted by Crippen LogP contribution is 2.02. The van der Waals surface area contributed by atoms with Crippen molar-refractivity contribution in [3.8, 4) is 0 Å². The van der Waals surface area contributed by atoms with Crippen LogP contribution >= 0.6 is 15.9 Å². The van der Waals surface area contributed by atoms with Crippen LogP contribution in [-0.2, 0) is 0 Å². The lowest BCUT2D eigenvalue weighted by molar-refractivity contribution is 1.00. The molecular formula is C4H8BrN. The van der Waals surface area contributed by atoms with Gasteiger partial charge in [-0.15, -0.1) is 0 Å². The number of rotatable bonds is 2. The fourth-order valence-corrected chi connectivity index (χ4v) is 0.386. The molecule has 0 aromatic rings. The number of halogens is 1. The molecule has 0 aromatic heterocycles. The first-order valence-corrected chi connectivity index (χ1v) is 2.60. The normalized spacial score (nSPS) is 8.33. The van der Waals surface area contributed by atoms with Crippen LogP contribution in [0.3, 0.4) is 0 Å². The zero-order chi connectivity index (χ0) is 4.99. The summed E-state index contributed by atoms with van der Waals surface area (Å²) in [6.45, 7) is 4.27. The second kappa shape index (κ2) is 3.37. The molecule has 0 spiro atoms. The van der Waals surface area contributed by atoms with Crippen LogP contribution in [0, 0.1) is 0 Å². The average Bonchev–Trinajstić information content (AvgIpc) is 1.35. The van der Waals surface area contributed by atoms with Crippen molar-refractivity contribution in [2.45, 2.75) is 6.42 Å². The molecule has 0 saturated carbocycles. The summed E-state index contributed by atoms with van der Waals surface area (Å²) in [7, 11) is 0. The molecule has 0 aromatic carbocycles. The Labute approximate surface area is 46.4 Å². The summed E-state index contributed by atoms with van der Waals surface area (Å²) in [5.41, 5.74) is 5.14. The Kier molecular flexibility index (Phi) is 3.47. The molecule has 0 atom stereocenters. The minimum absolute atomic E-state index is 0.685. The van der Waals surface area contributed by atoms with Crippen LogP contribution in [-0.4, -0.2) is 6.54 Å². The lowest BCUT2D eigenvalue weighted by Gasteiger charge is -1.85. The third kappa shape index (κ3) is 4.18. The van der Waals surface area contributed by atoms with E-state index in [2.05, 4.69) is 22.5 Å². The molecule has 0 amide bonds. The first-order valence-electron chi connectivity index (χ1n) is 1.80. The summed E-state index contributed by atoms with van der Waals surface area (Å²) in [5, 5.41) is 0. The van der Waals surface area contributed by atoms with Gasteiger partial charge < -0.3 is 5.73 Å². The van der Waals surface area contributed by atoms with Crippen LogP contribution in [0.2, 0.25) is 0 Å². The fraction of sp³-hybridized carbons (Fsp3) is 0.500. The van der Waals surface area contributed by atoms with E-state index in [1.54, 1.807) is 0 Å². The Balaban J connectivity index is 2.83. The van der Waals surface area contributed by atoms with Crippen LogP contribution < -0.4 is 5.73 Å². The molecule has 0 aliphatic rings. The van der Waals surface area contributed by atoms with E-state index in [9.17, 15) is 0 Å². The van der Waals surface area contributed by atoms with E-state index in [1.165, 1.54) is 0 Å². The highest BCUT2D eigenvalue weighted by Gasteiger charge is 1.78. The van der Waals surface area contributed by atoms with Crippen LogP contribution in [0.1, 0.15) is 6.42 Å². The van der Waals surface area contributed by atoms with E-state index in [0.29, 0.717) is 6.54 Å². The van der Waals surface area contributed by atoms with Crippen LogP contribution in [0.5, 0.6) is 0 Å². The summed E-state index contributed by atoms with van der Waals surface area (Å²) in [6, 6.07) is 0. The molecule has 0 fully saturated rings. The van der Waals surface area contributed by atoms with Gasteiger partial charge in [0.1, 0.15) is 0 Å². The quantitative estimate of drug-likeness (QED) is 0.629. The van der Waals surface area contributed by atoms with Crippen molar-refractivity contribution in [1.29, 1.82) is 0 Å². The number of nitrogens with two attached hydrogens (primary N) is 1. The van der Waals surface area contributed by atoms with Crippen LogP contribution in [0.4, 0.5) is 0 Å². The van der Waals surface area contributed by atoms with Crippen molar-refractivity contribution in [2.75, 3.05) is 6.54 Å². The molecule has 0 aliphatic carbocycles. The molecule has 36 valence electrons. The van der Waals surface area contributed by atoms with Gasteiger partial charge in [0.25, 0.3) is 0 Å². The maximum absolute atomic E-state index is 5.14. The van der Waals surface area contributed by atoms with E-state index in [4.69, 9.17) is 5.73 Å². The second-order valence-corrected chi connectivity index (χ2v) is 2.18. The zero-order valence-electron chi connectivity index (χ0n) is 3.58. The van der Waals surface area contributed by atoms with Crippen molar-refractivity contribution < 1.29 is 0 Å². The molecule has 0 unspecified atom stereocenters. The molecule has 0 heterocycles. The zero-order valence-corrected chi connectivity index (χ0v) is 5.16. The highest BCUT2D eigenvalue weighted by molar-refractivity contribution is 9.11. The largest absolute Gasteiger partial charge is 0.330 e. The van der Waals surface area contributed by atoms with Gasteiger partial charge in [-0.1, -0.05) is 22.5 Å². The first kappa shape index (κ1) is 6.18. The highest BCUT2D eigenvalue weighted by atomic mass is 79.9. The molecule has 0 bridgehead atoms. The minimum Gasteiger partial charge on any atom is -0.330 e. The molecule has 2 heteroatoms. The molecular weight excluding hydrogens is 142 g/mol. The Morgan fingerprint density at radius 2 is 2.33 bits per heavy atom. The van der Waals surface area contributed by atoms with Gasteiger partial charge in [-0.2, -0.15) is 0 Å². The Morgan fingerprint density at radius 1 is 1.83 bits per heavy atom. The first-order chi connectivity index (χ1) is 2.77. The average molecular weight is 150 g/mol. The van der Waals surface area contributed by atoms with E-state index in [0.717, 1.165) is 10.9 Å². The standard InChI is InChI=1S/C4H8BrN/c1-4(5)2-3-6/h1-3,6H2. The van der Waals surface area contributed by atoms with Gasteiger partial charge in [-0.05, 0) is 17.4 Å². The molecule has 0 aliphatic heterocycles. The fourth-order valence-electron chi connectivity index (χ4n) is 0.157. The predicted octanol–water partition coefficient (Wildman–Crippen LogP) is 1.24. The van der Waals surface area contributed by atoms with Gasteiger partial charge in [-0.25, -0.2) is 0 Å². The minimum atomic E-state index is 0.685. The van der Waals surface area contributed by atoms with Crippen molar-refractivity contribution in [3.05, 3.63) is 11.1 Å². The van der Waals surface area contributed by atoms with Gasteiger partial charge in [0.2, 0.25) is 0 Å². The third-order valence-corrected chi connectivity index (χ3v) is 0.812. The van der Waals surface area contributed by atoms with Crippen molar-refractivity contribution >= 4 is 15.9 Å². The van der Waals surface area contributed by atoms with E-state index < -0.39 is 0 Å². The summed E-state index contributed by atoms with van der Waals surface area (Å²) < 4.78 is 0.977. The summed E-state index contributed by atoms with van der Waals surface area (Å²) >= 11 is 3.16. The topological polar surface area (TPSA) is 26.0 Å².